The van der Waals surface area contributed by atoms with E-state index in [1.807, 2.05) is 0 Å². The number of carbonyl (C=O) groups excluding carboxylic acids is 1. The van der Waals surface area contributed by atoms with Gasteiger partial charge in [-0.2, -0.15) is 0 Å². The fourth-order valence-electron chi connectivity index (χ4n) is 2.92. The number of nitrogens with one attached hydrogen (secondary N) is 1. The van der Waals surface area contributed by atoms with Crippen molar-refractivity contribution < 1.29 is 19.0 Å². The fourth-order valence-corrected chi connectivity index (χ4v) is 2.92. The normalized spacial score (nSPS) is 16.4. The molecule has 25 heavy (non-hydrogen) atoms. The third-order valence-corrected chi connectivity index (χ3v) is 4.14. The molecular formula is C18H19N3O4. The lowest BCUT2D eigenvalue weighted by atomic mass is 10.2. The molecule has 7 nitrogen and oxygen atoms in total. The van der Waals surface area contributed by atoms with Crippen LogP contribution in [0.25, 0.3) is 0 Å². The Morgan fingerprint density at radius 2 is 1.84 bits per heavy atom. The van der Waals surface area contributed by atoms with Gasteiger partial charge >= 0.3 is 0 Å². The zero-order valence-corrected chi connectivity index (χ0v) is 13.7. The Morgan fingerprint density at radius 1 is 1.04 bits per heavy atom. The lowest BCUT2D eigenvalue weighted by Crippen LogP contribution is -2.38. The summed E-state index contributed by atoms with van der Waals surface area (Å²) in [7, 11) is 0. The van der Waals surface area contributed by atoms with Crippen LogP contribution < -0.4 is 19.7 Å². The summed E-state index contributed by atoms with van der Waals surface area (Å²) >= 11 is 0. The summed E-state index contributed by atoms with van der Waals surface area (Å²) in [5, 5.41) is 2.92. The summed E-state index contributed by atoms with van der Waals surface area (Å²) in [6.45, 7) is 3.77. The fraction of sp³-hybridized carbons (Fsp3) is 0.333. The maximum atomic E-state index is 12.8. The Bertz CT molecular complexity index is 775. The quantitative estimate of drug-likeness (QED) is 0.920. The van der Waals surface area contributed by atoms with Crippen LogP contribution in [-0.2, 0) is 4.74 Å². The van der Waals surface area contributed by atoms with Gasteiger partial charge < -0.3 is 24.4 Å². The van der Waals surface area contributed by atoms with Gasteiger partial charge in [0, 0.05) is 31.0 Å². The largest absolute Gasteiger partial charge is 0.486 e. The second-order valence-corrected chi connectivity index (χ2v) is 5.79. The molecule has 7 heteroatoms. The molecule has 4 rings (SSSR count). The van der Waals surface area contributed by atoms with E-state index in [4.69, 9.17) is 14.2 Å². The van der Waals surface area contributed by atoms with Gasteiger partial charge in [-0.15, -0.1) is 0 Å². The Hall–Kier alpha value is -2.80. The molecule has 3 heterocycles. The minimum absolute atomic E-state index is 0.203. The number of hydrogen-bond acceptors (Lipinski definition) is 6. The number of amides is 1. The minimum atomic E-state index is -0.203. The van der Waals surface area contributed by atoms with Crippen molar-refractivity contribution in [2.24, 2.45) is 0 Å². The van der Waals surface area contributed by atoms with Crippen molar-refractivity contribution in [3.05, 3.63) is 42.1 Å². The number of fused-ring (bicyclic) bond motifs is 1. The molecule has 0 saturated carbocycles. The van der Waals surface area contributed by atoms with Gasteiger partial charge in [0.25, 0.3) is 5.91 Å². The van der Waals surface area contributed by atoms with Gasteiger partial charge in [0.05, 0.1) is 18.8 Å². The molecule has 1 aromatic carbocycles. The molecule has 1 fully saturated rings. The van der Waals surface area contributed by atoms with E-state index in [9.17, 15) is 4.79 Å². The number of morpholine rings is 1. The molecule has 1 N–H and O–H groups in total. The second-order valence-electron chi connectivity index (χ2n) is 5.79. The van der Waals surface area contributed by atoms with Crippen LogP contribution in [0.4, 0.5) is 11.5 Å². The van der Waals surface area contributed by atoms with Crippen LogP contribution in [0.3, 0.4) is 0 Å². The summed E-state index contributed by atoms with van der Waals surface area (Å²) < 4.78 is 16.4. The van der Waals surface area contributed by atoms with Gasteiger partial charge in [0.2, 0.25) is 0 Å². The number of carbonyl (C=O) groups is 1. The van der Waals surface area contributed by atoms with Gasteiger partial charge in [0.1, 0.15) is 19.0 Å². The maximum absolute atomic E-state index is 12.8. The van der Waals surface area contributed by atoms with Crippen LogP contribution in [0.1, 0.15) is 10.4 Å². The molecule has 1 amide bonds. The Balaban J connectivity index is 1.55. The molecule has 130 valence electrons. The number of pyridine rings is 1. The average Bonchev–Trinajstić information content (AvgIpc) is 2.68. The maximum Gasteiger partial charge on any atom is 0.259 e. The van der Waals surface area contributed by atoms with Crippen molar-refractivity contribution in [3.8, 4) is 11.5 Å². The van der Waals surface area contributed by atoms with Crippen molar-refractivity contribution in [2.45, 2.75) is 0 Å². The third kappa shape index (κ3) is 3.36. The molecule has 2 aliphatic rings. The lowest BCUT2D eigenvalue weighted by molar-refractivity contribution is 0.102. The highest BCUT2D eigenvalue weighted by Gasteiger charge is 2.20. The van der Waals surface area contributed by atoms with Gasteiger partial charge in [-0.1, -0.05) is 0 Å². The van der Waals surface area contributed by atoms with Gasteiger partial charge in [-0.25, -0.2) is 4.98 Å². The highest BCUT2D eigenvalue weighted by Crippen LogP contribution is 2.33. The first-order valence-corrected chi connectivity index (χ1v) is 8.30. The van der Waals surface area contributed by atoms with Crippen molar-refractivity contribution in [1.29, 1.82) is 0 Å². The highest BCUT2D eigenvalue weighted by atomic mass is 16.6. The number of ether oxygens (including phenoxy) is 3. The monoisotopic (exact) mass is 341 g/mol. The van der Waals surface area contributed by atoms with E-state index < -0.39 is 0 Å². The highest BCUT2D eigenvalue weighted by molar-refractivity contribution is 6.07. The summed E-state index contributed by atoms with van der Waals surface area (Å²) in [5.74, 6) is 1.82. The first-order valence-electron chi connectivity index (χ1n) is 8.30. The first kappa shape index (κ1) is 15.7. The predicted molar refractivity (Wildman–Crippen MR) is 92.7 cm³/mol. The zero-order valence-electron chi connectivity index (χ0n) is 13.7. The SMILES string of the molecule is O=C(Nc1ccc2c(c1)OCCO2)c1cccnc1N1CCOCC1. The average molecular weight is 341 g/mol. The van der Waals surface area contributed by atoms with Crippen molar-refractivity contribution in [3.63, 3.8) is 0 Å². The molecule has 2 aromatic rings. The second kappa shape index (κ2) is 6.98. The Labute approximate surface area is 145 Å². The standard InChI is InChI=1S/C18H19N3O4/c22-18(20-13-3-4-15-16(12-13)25-11-10-24-15)14-2-1-5-19-17(14)21-6-8-23-9-7-21/h1-5,12H,6-11H2,(H,20,22). The van der Waals surface area contributed by atoms with Crippen LogP contribution in [-0.4, -0.2) is 50.4 Å². The van der Waals surface area contributed by atoms with E-state index in [2.05, 4.69) is 15.2 Å². The summed E-state index contributed by atoms with van der Waals surface area (Å²) in [6.07, 6.45) is 1.70. The number of aromatic nitrogens is 1. The lowest BCUT2D eigenvalue weighted by Gasteiger charge is -2.29. The number of hydrogen-bond donors (Lipinski definition) is 1. The van der Waals surface area contributed by atoms with Crippen LogP contribution in [0.2, 0.25) is 0 Å². The molecule has 0 aliphatic carbocycles. The first-order chi connectivity index (χ1) is 12.3. The van der Waals surface area contributed by atoms with Gasteiger partial charge in [-0.3, -0.25) is 4.79 Å². The minimum Gasteiger partial charge on any atom is -0.486 e. The van der Waals surface area contributed by atoms with E-state index in [-0.39, 0.29) is 5.91 Å². The number of nitrogens with zero attached hydrogens (tertiary/aromatic N) is 2. The van der Waals surface area contributed by atoms with Crippen LogP contribution >= 0.6 is 0 Å². The number of anilines is 2. The number of rotatable bonds is 3. The Morgan fingerprint density at radius 3 is 2.68 bits per heavy atom. The topological polar surface area (TPSA) is 72.9 Å². The predicted octanol–water partition coefficient (Wildman–Crippen LogP) is 1.94. The summed E-state index contributed by atoms with van der Waals surface area (Å²) in [6, 6.07) is 8.93. The summed E-state index contributed by atoms with van der Waals surface area (Å²) in [5.41, 5.74) is 1.20. The molecule has 0 atom stereocenters. The van der Waals surface area contributed by atoms with Crippen LogP contribution in [0, 0.1) is 0 Å². The molecule has 2 aliphatic heterocycles. The van der Waals surface area contributed by atoms with Crippen molar-refractivity contribution in [1.82, 2.24) is 4.98 Å². The van der Waals surface area contributed by atoms with Crippen LogP contribution in [0.15, 0.2) is 36.5 Å². The van der Waals surface area contributed by atoms with Crippen molar-refractivity contribution >= 4 is 17.4 Å². The summed E-state index contributed by atoms with van der Waals surface area (Å²) in [4.78, 5) is 19.2. The van der Waals surface area contributed by atoms with Gasteiger partial charge in [0.15, 0.2) is 11.5 Å². The molecule has 0 radical (unpaired) electrons. The molecule has 0 bridgehead atoms. The zero-order chi connectivity index (χ0) is 17.1. The Kier molecular flexibility index (Phi) is 4.39. The number of benzene rings is 1. The molecule has 1 saturated heterocycles. The van der Waals surface area contributed by atoms with E-state index >= 15 is 0 Å². The molecular weight excluding hydrogens is 322 g/mol. The van der Waals surface area contributed by atoms with E-state index in [1.165, 1.54) is 0 Å². The van der Waals surface area contributed by atoms with E-state index in [1.54, 1.807) is 36.5 Å². The third-order valence-electron chi connectivity index (χ3n) is 4.14. The van der Waals surface area contributed by atoms with E-state index in [0.29, 0.717) is 55.0 Å². The molecule has 0 unspecified atom stereocenters. The van der Waals surface area contributed by atoms with E-state index in [0.717, 1.165) is 13.1 Å². The van der Waals surface area contributed by atoms with Crippen LogP contribution in [0.5, 0.6) is 11.5 Å². The molecule has 0 spiro atoms. The van der Waals surface area contributed by atoms with Crippen molar-refractivity contribution in [2.75, 3.05) is 49.7 Å². The smallest absolute Gasteiger partial charge is 0.259 e. The molecule has 1 aromatic heterocycles. The van der Waals surface area contributed by atoms with Gasteiger partial charge in [-0.05, 0) is 24.3 Å².